The van der Waals surface area contributed by atoms with Crippen molar-refractivity contribution in [3.63, 3.8) is 0 Å². The molecular weight excluding hydrogens is 210 g/mol. The minimum atomic E-state index is -0.493. The quantitative estimate of drug-likeness (QED) is 0.650. The number of nitrogens with one attached hydrogen (secondary N) is 1. The first-order chi connectivity index (χ1) is 7.72. The topological polar surface area (TPSA) is 21.1 Å². The lowest BCUT2D eigenvalue weighted by Crippen LogP contribution is -3.19. The van der Waals surface area contributed by atoms with E-state index < -0.39 is 11.6 Å². The highest BCUT2D eigenvalue weighted by Gasteiger charge is 2.45. The molecule has 2 heterocycles. The average Bonchev–Trinajstić information content (AvgIpc) is 2.84. The Kier molecular flexibility index (Phi) is 2.41. The molecule has 3 atom stereocenters. The van der Waals surface area contributed by atoms with Gasteiger partial charge < -0.3 is 10.2 Å². The van der Waals surface area contributed by atoms with Crippen molar-refractivity contribution >= 4 is 0 Å². The van der Waals surface area contributed by atoms with Gasteiger partial charge in [-0.1, -0.05) is 0 Å². The van der Waals surface area contributed by atoms with Crippen LogP contribution < -0.4 is 10.2 Å². The number of halogens is 2. The third-order valence-electron chi connectivity index (χ3n) is 3.88. The first-order valence-corrected chi connectivity index (χ1v) is 5.84. The predicted molar refractivity (Wildman–Crippen MR) is 54.9 cm³/mol. The largest absolute Gasteiger partial charge is 0.334 e. The van der Waals surface area contributed by atoms with Crippen molar-refractivity contribution in [3.8, 4) is 0 Å². The minimum Gasteiger partial charge on any atom is -0.334 e. The van der Waals surface area contributed by atoms with Crippen LogP contribution in [0.5, 0.6) is 0 Å². The number of hydrogen-bond acceptors (Lipinski definition) is 0. The molecule has 2 bridgehead atoms. The van der Waals surface area contributed by atoms with E-state index >= 15 is 0 Å². The number of benzene rings is 1. The minimum absolute atomic E-state index is 0.403. The van der Waals surface area contributed by atoms with Gasteiger partial charge in [0, 0.05) is 11.6 Å². The van der Waals surface area contributed by atoms with E-state index in [0.717, 1.165) is 25.2 Å². The summed E-state index contributed by atoms with van der Waals surface area (Å²) in [4.78, 5) is 1.46. The maximum Gasteiger partial charge on any atom is 0.143 e. The van der Waals surface area contributed by atoms with Gasteiger partial charge >= 0.3 is 0 Å². The molecule has 86 valence electrons. The molecule has 2 aliphatic rings. The lowest BCUT2D eigenvalue weighted by Gasteiger charge is -2.22. The Bertz CT molecular complexity index is 408. The van der Waals surface area contributed by atoms with E-state index in [2.05, 4.69) is 5.32 Å². The van der Waals surface area contributed by atoms with Crippen LogP contribution >= 0.6 is 0 Å². The molecule has 16 heavy (non-hydrogen) atoms. The fourth-order valence-electron chi connectivity index (χ4n) is 3.04. The van der Waals surface area contributed by atoms with Crippen LogP contribution in [0.4, 0.5) is 8.78 Å². The third kappa shape index (κ3) is 1.72. The number of likely N-dealkylation sites (tertiary alicyclic amines) is 1. The maximum absolute atomic E-state index is 13.5. The van der Waals surface area contributed by atoms with Crippen molar-refractivity contribution in [2.24, 2.45) is 0 Å². The molecule has 0 radical (unpaired) electrons. The van der Waals surface area contributed by atoms with Crippen molar-refractivity contribution in [3.05, 3.63) is 35.4 Å². The lowest BCUT2D eigenvalue weighted by atomic mass is 10.1. The molecule has 2 fully saturated rings. The second-order valence-electron chi connectivity index (χ2n) is 4.94. The van der Waals surface area contributed by atoms with Gasteiger partial charge in [-0.15, -0.1) is 0 Å². The van der Waals surface area contributed by atoms with E-state index in [0.29, 0.717) is 18.2 Å². The summed E-state index contributed by atoms with van der Waals surface area (Å²) in [5.74, 6) is -0.897. The Hall–Kier alpha value is -1.00. The molecule has 1 unspecified atom stereocenters. The summed E-state index contributed by atoms with van der Waals surface area (Å²) < 4.78 is 26.2. The molecule has 3 N–H and O–H groups in total. The molecule has 0 amide bonds. The van der Waals surface area contributed by atoms with Gasteiger partial charge in [-0.05, 0) is 12.1 Å². The van der Waals surface area contributed by atoms with Crippen molar-refractivity contribution in [1.29, 1.82) is 0 Å². The third-order valence-corrected chi connectivity index (χ3v) is 3.88. The fourth-order valence-corrected chi connectivity index (χ4v) is 3.04. The van der Waals surface area contributed by atoms with Crippen LogP contribution in [0.2, 0.25) is 0 Å². The van der Waals surface area contributed by atoms with E-state index in [1.54, 1.807) is 6.07 Å². The SMILES string of the molecule is Fc1ccc(C[NH+]2C[C@H]3C[C@@H]2C[NH2+]3)c(F)c1. The average molecular weight is 226 g/mol. The Morgan fingerprint density at radius 1 is 1.38 bits per heavy atom. The van der Waals surface area contributed by atoms with Crippen LogP contribution in [0.3, 0.4) is 0 Å². The zero-order chi connectivity index (χ0) is 11.1. The van der Waals surface area contributed by atoms with Gasteiger partial charge in [0.25, 0.3) is 0 Å². The Balaban J connectivity index is 1.74. The molecule has 2 saturated heterocycles. The summed E-state index contributed by atoms with van der Waals surface area (Å²) in [7, 11) is 0. The fraction of sp³-hybridized carbons (Fsp3) is 0.500. The summed E-state index contributed by atoms with van der Waals surface area (Å²) in [6, 6.07) is 5.29. The van der Waals surface area contributed by atoms with Crippen LogP contribution in [0.25, 0.3) is 0 Å². The zero-order valence-corrected chi connectivity index (χ0v) is 9.05. The monoisotopic (exact) mass is 226 g/mol. The molecule has 2 aliphatic heterocycles. The normalized spacial score (nSPS) is 32.2. The summed E-state index contributed by atoms with van der Waals surface area (Å²) >= 11 is 0. The van der Waals surface area contributed by atoms with Crippen molar-refractivity contribution in [1.82, 2.24) is 0 Å². The standard InChI is InChI=1S/C12H14F2N2/c13-9-2-1-8(12(14)3-9)6-16-7-10-4-11(16)5-15-10/h1-3,10-11,15H,4-7H2/p+2/t10-,11-/m1/s1. The number of nitrogens with two attached hydrogens (primary N) is 1. The predicted octanol–water partition coefficient (Wildman–Crippen LogP) is -0.932. The number of rotatable bonds is 2. The summed E-state index contributed by atoms with van der Waals surface area (Å²) in [6.45, 7) is 2.96. The molecule has 3 rings (SSSR count). The highest BCUT2D eigenvalue weighted by molar-refractivity contribution is 5.17. The number of quaternary nitrogens is 2. The highest BCUT2D eigenvalue weighted by Crippen LogP contribution is 2.10. The van der Waals surface area contributed by atoms with Crippen molar-refractivity contribution < 1.29 is 19.0 Å². The maximum atomic E-state index is 13.5. The van der Waals surface area contributed by atoms with Crippen LogP contribution in [0, 0.1) is 11.6 Å². The van der Waals surface area contributed by atoms with Crippen molar-refractivity contribution in [2.75, 3.05) is 13.1 Å². The van der Waals surface area contributed by atoms with Gasteiger partial charge in [0.1, 0.15) is 43.4 Å². The first kappa shape index (κ1) is 10.2. The van der Waals surface area contributed by atoms with Gasteiger partial charge in [0.05, 0.1) is 6.42 Å². The van der Waals surface area contributed by atoms with Crippen molar-refractivity contribution in [2.45, 2.75) is 25.0 Å². The summed E-state index contributed by atoms with van der Waals surface area (Å²) in [5.41, 5.74) is 0.643. The van der Waals surface area contributed by atoms with E-state index in [1.807, 2.05) is 0 Å². The van der Waals surface area contributed by atoms with Crippen LogP contribution in [-0.4, -0.2) is 25.2 Å². The molecule has 4 heteroatoms. The van der Waals surface area contributed by atoms with Gasteiger partial charge in [-0.2, -0.15) is 0 Å². The van der Waals surface area contributed by atoms with Gasteiger partial charge in [0.2, 0.25) is 0 Å². The molecule has 0 spiro atoms. The second-order valence-corrected chi connectivity index (χ2v) is 4.94. The Morgan fingerprint density at radius 2 is 2.25 bits per heavy atom. The Morgan fingerprint density at radius 3 is 2.88 bits per heavy atom. The van der Waals surface area contributed by atoms with Crippen LogP contribution in [-0.2, 0) is 6.54 Å². The van der Waals surface area contributed by atoms with Gasteiger partial charge in [0.15, 0.2) is 0 Å². The summed E-state index contributed by atoms with van der Waals surface area (Å²) in [6.07, 6.45) is 1.25. The van der Waals surface area contributed by atoms with E-state index in [-0.39, 0.29) is 0 Å². The first-order valence-electron chi connectivity index (χ1n) is 5.84. The second kappa shape index (κ2) is 3.79. The zero-order valence-electron chi connectivity index (χ0n) is 9.05. The van der Waals surface area contributed by atoms with E-state index in [4.69, 9.17) is 0 Å². The molecule has 1 aromatic rings. The number of hydrogen-bond donors (Lipinski definition) is 2. The van der Waals surface area contributed by atoms with Gasteiger partial charge in [-0.3, -0.25) is 0 Å². The highest BCUT2D eigenvalue weighted by atomic mass is 19.1. The molecule has 0 saturated carbocycles. The number of piperazine rings is 1. The molecule has 0 aliphatic carbocycles. The summed E-state index contributed by atoms with van der Waals surface area (Å²) in [5, 5.41) is 2.38. The van der Waals surface area contributed by atoms with E-state index in [9.17, 15) is 8.78 Å². The van der Waals surface area contributed by atoms with Gasteiger partial charge in [-0.25, -0.2) is 8.78 Å². The Labute approximate surface area is 93.3 Å². The molecule has 0 aromatic heterocycles. The van der Waals surface area contributed by atoms with Crippen LogP contribution in [0.15, 0.2) is 18.2 Å². The molecule has 1 aromatic carbocycles. The van der Waals surface area contributed by atoms with E-state index in [1.165, 1.54) is 17.4 Å². The number of fused-ring (bicyclic) bond motifs is 2. The molecule has 2 nitrogen and oxygen atoms in total. The lowest BCUT2D eigenvalue weighted by molar-refractivity contribution is -0.963. The van der Waals surface area contributed by atoms with Crippen LogP contribution in [0.1, 0.15) is 12.0 Å². The smallest absolute Gasteiger partial charge is 0.143 e. The molecular formula is C12H16F2N2+2.